The number of carbonyl (C=O) groups is 2. The number of quaternary nitrogens is 1. The number of aromatic nitrogens is 1. The van der Waals surface area contributed by atoms with E-state index >= 15 is 0 Å². The molecule has 7 nitrogen and oxygen atoms in total. The van der Waals surface area contributed by atoms with Crippen molar-refractivity contribution in [2.24, 2.45) is 0 Å². The minimum Gasteiger partial charge on any atom is -0.463 e. The quantitative estimate of drug-likeness (QED) is 0.529. The normalized spacial score (nSPS) is 16.3. The number of nitrogens with zero attached hydrogens (tertiary/aromatic N) is 1. The molecule has 4 rings (SSSR count). The van der Waals surface area contributed by atoms with E-state index in [0.29, 0.717) is 12.2 Å². The third-order valence-electron chi connectivity index (χ3n) is 5.46. The van der Waals surface area contributed by atoms with Crippen molar-refractivity contribution >= 4 is 11.8 Å². The third-order valence-corrected chi connectivity index (χ3v) is 5.46. The Morgan fingerprint density at radius 3 is 2.57 bits per heavy atom. The molecule has 0 spiro atoms. The molecule has 1 aliphatic heterocycles. The first-order valence-corrected chi connectivity index (χ1v) is 10.1. The standard InChI is InChI=1S/C23H24N4O3/c28-22(25-14-19-8-3-4-11-24-19)23(29)26-15-20(21-9-5-13-30-21)27-12-10-17-6-1-2-7-18(17)16-27/h1-9,11,13,20H,10,12,14-16H2,(H,25,28)(H,26,29)/p+1/t20-/m1/s1. The molecular formula is C23H25N4O3+. The van der Waals surface area contributed by atoms with Crippen LogP contribution in [0, 0.1) is 0 Å². The summed E-state index contributed by atoms with van der Waals surface area (Å²) in [5.74, 6) is -0.518. The predicted octanol–water partition coefficient (Wildman–Crippen LogP) is 0.790. The lowest BCUT2D eigenvalue weighted by Gasteiger charge is -2.31. The van der Waals surface area contributed by atoms with Crippen LogP contribution in [-0.4, -0.2) is 29.9 Å². The second-order valence-electron chi connectivity index (χ2n) is 7.39. The van der Waals surface area contributed by atoms with E-state index in [1.807, 2.05) is 18.2 Å². The fourth-order valence-corrected chi connectivity index (χ4v) is 3.86. The molecule has 3 aromatic rings. The Hall–Kier alpha value is -3.45. The average Bonchev–Trinajstić information content (AvgIpc) is 3.32. The number of furan rings is 1. The molecule has 0 radical (unpaired) electrons. The lowest BCUT2D eigenvalue weighted by atomic mass is 9.98. The maximum Gasteiger partial charge on any atom is 0.309 e. The van der Waals surface area contributed by atoms with Crippen LogP contribution in [0.25, 0.3) is 0 Å². The summed E-state index contributed by atoms with van der Waals surface area (Å²) in [6, 6.07) is 17.6. The molecule has 3 N–H and O–H groups in total. The monoisotopic (exact) mass is 405 g/mol. The summed E-state index contributed by atoms with van der Waals surface area (Å²) in [5.41, 5.74) is 3.38. The van der Waals surface area contributed by atoms with E-state index in [0.717, 1.165) is 25.3 Å². The molecule has 0 fully saturated rings. The van der Waals surface area contributed by atoms with Gasteiger partial charge in [-0.3, -0.25) is 14.6 Å². The van der Waals surface area contributed by atoms with E-state index in [1.165, 1.54) is 16.0 Å². The molecule has 0 bridgehead atoms. The van der Waals surface area contributed by atoms with Crippen LogP contribution < -0.4 is 15.5 Å². The Bertz CT molecular complexity index is 989. The summed E-state index contributed by atoms with van der Waals surface area (Å²) in [6.07, 6.45) is 4.26. The van der Waals surface area contributed by atoms with Crippen molar-refractivity contribution in [3.05, 3.63) is 89.6 Å². The molecular weight excluding hydrogens is 380 g/mol. The summed E-state index contributed by atoms with van der Waals surface area (Å²) in [6.45, 7) is 2.32. The van der Waals surface area contributed by atoms with Gasteiger partial charge in [-0.05, 0) is 29.8 Å². The number of pyridine rings is 1. The van der Waals surface area contributed by atoms with Crippen molar-refractivity contribution in [2.75, 3.05) is 13.1 Å². The molecule has 2 amide bonds. The van der Waals surface area contributed by atoms with Crippen molar-refractivity contribution < 1.29 is 18.9 Å². The van der Waals surface area contributed by atoms with Gasteiger partial charge in [0.05, 0.1) is 31.6 Å². The van der Waals surface area contributed by atoms with Gasteiger partial charge in [0, 0.05) is 18.2 Å². The van der Waals surface area contributed by atoms with Crippen LogP contribution in [0.1, 0.15) is 28.6 Å². The molecule has 30 heavy (non-hydrogen) atoms. The van der Waals surface area contributed by atoms with Crippen molar-refractivity contribution in [2.45, 2.75) is 25.6 Å². The molecule has 1 aliphatic rings. The van der Waals surface area contributed by atoms with Crippen molar-refractivity contribution in [1.29, 1.82) is 0 Å². The summed E-state index contributed by atoms with van der Waals surface area (Å²) < 4.78 is 5.65. The van der Waals surface area contributed by atoms with E-state index in [9.17, 15) is 9.59 Å². The van der Waals surface area contributed by atoms with Gasteiger partial charge in [-0.25, -0.2) is 0 Å². The van der Waals surface area contributed by atoms with Gasteiger partial charge in [0.2, 0.25) is 0 Å². The van der Waals surface area contributed by atoms with Crippen LogP contribution in [0.4, 0.5) is 0 Å². The fraction of sp³-hybridized carbons (Fsp3) is 0.261. The molecule has 0 saturated carbocycles. The minimum absolute atomic E-state index is 0.0686. The summed E-state index contributed by atoms with van der Waals surface area (Å²) in [5, 5.41) is 5.38. The topological polar surface area (TPSA) is 88.7 Å². The number of nitrogens with one attached hydrogen (secondary N) is 3. The van der Waals surface area contributed by atoms with Gasteiger partial charge in [0.1, 0.15) is 6.54 Å². The maximum atomic E-state index is 12.3. The van der Waals surface area contributed by atoms with Gasteiger partial charge in [0.15, 0.2) is 11.8 Å². The number of benzene rings is 1. The molecule has 154 valence electrons. The van der Waals surface area contributed by atoms with E-state index in [4.69, 9.17) is 4.42 Å². The fourth-order valence-electron chi connectivity index (χ4n) is 3.86. The first-order valence-electron chi connectivity index (χ1n) is 10.1. The smallest absolute Gasteiger partial charge is 0.309 e. The highest BCUT2D eigenvalue weighted by Crippen LogP contribution is 2.15. The highest BCUT2D eigenvalue weighted by molar-refractivity contribution is 6.35. The first kappa shape index (κ1) is 19.8. The average molecular weight is 405 g/mol. The van der Waals surface area contributed by atoms with E-state index in [1.54, 1.807) is 24.6 Å². The zero-order valence-electron chi connectivity index (χ0n) is 16.6. The Kier molecular flexibility index (Phi) is 6.20. The van der Waals surface area contributed by atoms with E-state index < -0.39 is 11.8 Å². The Labute approximate surface area is 175 Å². The van der Waals surface area contributed by atoms with Gasteiger partial charge < -0.3 is 20.0 Å². The summed E-state index contributed by atoms with van der Waals surface area (Å²) in [4.78, 5) is 29.9. The van der Waals surface area contributed by atoms with Crippen LogP contribution in [0.5, 0.6) is 0 Å². The predicted molar refractivity (Wildman–Crippen MR) is 110 cm³/mol. The SMILES string of the molecule is O=C(NCc1ccccn1)C(=O)NC[C@H](c1ccco1)[NH+]1CCc2ccccc2C1. The van der Waals surface area contributed by atoms with Crippen LogP contribution in [-0.2, 0) is 29.1 Å². The zero-order chi connectivity index (χ0) is 20.8. The largest absolute Gasteiger partial charge is 0.463 e. The first-order chi connectivity index (χ1) is 14.7. The highest BCUT2D eigenvalue weighted by Gasteiger charge is 2.31. The second kappa shape index (κ2) is 9.37. The molecule has 2 aromatic heterocycles. The molecule has 7 heteroatoms. The number of hydrogen-bond acceptors (Lipinski definition) is 4. The number of rotatable bonds is 6. The molecule has 1 unspecified atom stereocenters. The molecule has 1 aromatic carbocycles. The molecule has 0 saturated heterocycles. The number of hydrogen-bond donors (Lipinski definition) is 3. The van der Waals surface area contributed by atoms with Crippen LogP contribution in [0.15, 0.2) is 71.5 Å². The lowest BCUT2D eigenvalue weighted by molar-refractivity contribution is -0.946. The van der Waals surface area contributed by atoms with E-state index in [-0.39, 0.29) is 12.6 Å². The van der Waals surface area contributed by atoms with Gasteiger partial charge in [-0.15, -0.1) is 0 Å². The van der Waals surface area contributed by atoms with Gasteiger partial charge in [-0.2, -0.15) is 0 Å². The summed E-state index contributed by atoms with van der Waals surface area (Å²) in [7, 11) is 0. The Morgan fingerprint density at radius 2 is 1.80 bits per heavy atom. The minimum atomic E-state index is -0.669. The number of fused-ring (bicyclic) bond motifs is 1. The van der Waals surface area contributed by atoms with Gasteiger partial charge in [0.25, 0.3) is 0 Å². The Morgan fingerprint density at radius 1 is 1.00 bits per heavy atom. The highest BCUT2D eigenvalue weighted by atomic mass is 16.3. The maximum absolute atomic E-state index is 12.3. The third kappa shape index (κ3) is 4.75. The number of carbonyl (C=O) groups excluding carboxylic acids is 2. The van der Waals surface area contributed by atoms with Crippen molar-refractivity contribution in [3.8, 4) is 0 Å². The second-order valence-corrected chi connectivity index (χ2v) is 7.39. The van der Waals surface area contributed by atoms with Crippen LogP contribution in [0.3, 0.4) is 0 Å². The van der Waals surface area contributed by atoms with Crippen LogP contribution >= 0.6 is 0 Å². The molecule has 2 atom stereocenters. The summed E-state index contributed by atoms with van der Waals surface area (Å²) >= 11 is 0. The number of amides is 2. The van der Waals surface area contributed by atoms with Crippen molar-refractivity contribution in [3.63, 3.8) is 0 Å². The van der Waals surface area contributed by atoms with Crippen molar-refractivity contribution in [1.82, 2.24) is 15.6 Å². The Balaban J connectivity index is 1.37. The molecule has 3 heterocycles. The lowest BCUT2D eigenvalue weighted by Crippen LogP contribution is -3.12. The van der Waals surface area contributed by atoms with E-state index in [2.05, 4.69) is 39.9 Å². The van der Waals surface area contributed by atoms with Crippen LogP contribution in [0.2, 0.25) is 0 Å². The van der Waals surface area contributed by atoms with Gasteiger partial charge >= 0.3 is 11.8 Å². The zero-order valence-corrected chi connectivity index (χ0v) is 16.6. The van der Waals surface area contributed by atoms with Gasteiger partial charge in [-0.1, -0.05) is 30.3 Å². The molecule has 0 aliphatic carbocycles.